The Morgan fingerprint density at radius 2 is 1.82 bits per heavy atom. The Morgan fingerprint density at radius 1 is 1.09 bits per heavy atom. The first-order chi connectivity index (χ1) is 16.0. The Balaban J connectivity index is 1.71. The lowest BCUT2D eigenvalue weighted by atomic mass is 9.95. The minimum absolute atomic E-state index is 0.0154. The zero-order valence-corrected chi connectivity index (χ0v) is 18.1. The van der Waals surface area contributed by atoms with Crippen LogP contribution in [-0.2, 0) is 16.1 Å². The first-order valence-electron chi connectivity index (χ1n) is 10.7. The number of carbonyl (C=O) groups is 2. The summed E-state index contributed by atoms with van der Waals surface area (Å²) >= 11 is 0. The van der Waals surface area contributed by atoms with Crippen molar-refractivity contribution >= 4 is 17.4 Å². The second-order valence-corrected chi connectivity index (χ2v) is 7.66. The fourth-order valence-electron chi connectivity index (χ4n) is 3.98. The van der Waals surface area contributed by atoms with E-state index in [1.54, 1.807) is 36.8 Å². The van der Waals surface area contributed by atoms with Crippen LogP contribution in [0.5, 0.6) is 5.75 Å². The van der Waals surface area contributed by atoms with Crippen molar-refractivity contribution in [3.8, 4) is 5.75 Å². The van der Waals surface area contributed by atoms with Crippen LogP contribution in [0, 0.1) is 5.82 Å². The maximum atomic E-state index is 13.4. The number of hydrogen-bond donors (Lipinski definition) is 1. The van der Waals surface area contributed by atoms with Gasteiger partial charge in [0.1, 0.15) is 17.3 Å². The molecule has 0 aliphatic carbocycles. The number of halogens is 1. The van der Waals surface area contributed by atoms with Crippen molar-refractivity contribution in [1.82, 2.24) is 14.5 Å². The maximum absolute atomic E-state index is 13.4. The van der Waals surface area contributed by atoms with Crippen molar-refractivity contribution in [2.45, 2.75) is 25.9 Å². The number of aryl methyl sites for hydroxylation is 1. The van der Waals surface area contributed by atoms with Gasteiger partial charge in [-0.3, -0.25) is 9.59 Å². The number of aromatic nitrogens is 2. The second kappa shape index (κ2) is 9.68. The minimum atomic E-state index is -0.770. The number of rotatable bonds is 8. The number of hydrogen-bond acceptors (Lipinski definition) is 5. The summed E-state index contributed by atoms with van der Waals surface area (Å²) in [6.45, 7) is 3.32. The van der Waals surface area contributed by atoms with E-state index in [2.05, 4.69) is 4.98 Å². The lowest BCUT2D eigenvalue weighted by Crippen LogP contribution is -2.31. The summed E-state index contributed by atoms with van der Waals surface area (Å²) in [5.41, 5.74) is 0.922. The molecule has 1 N–H and O–H groups in total. The van der Waals surface area contributed by atoms with Crippen LogP contribution in [0.15, 0.2) is 72.8 Å². The van der Waals surface area contributed by atoms with Crippen LogP contribution in [0.3, 0.4) is 0 Å². The smallest absolute Gasteiger partial charge is 0.295 e. The third-order valence-corrected chi connectivity index (χ3v) is 5.54. The van der Waals surface area contributed by atoms with Gasteiger partial charge in [0.2, 0.25) is 0 Å². The highest BCUT2D eigenvalue weighted by Crippen LogP contribution is 2.39. The average Bonchev–Trinajstić information content (AvgIpc) is 3.42. The third kappa shape index (κ3) is 4.64. The predicted molar refractivity (Wildman–Crippen MR) is 120 cm³/mol. The van der Waals surface area contributed by atoms with Gasteiger partial charge in [-0.05, 0) is 55.3 Å². The van der Waals surface area contributed by atoms with E-state index in [1.165, 1.54) is 29.2 Å². The highest BCUT2D eigenvalue weighted by molar-refractivity contribution is 6.46. The molecule has 7 nitrogen and oxygen atoms in total. The molecule has 0 radical (unpaired) electrons. The minimum Gasteiger partial charge on any atom is -0.507 e. The van der Waals surface area contributed by atoms with Crippen molar-refractivity contribution in [3.63, 3.8) is 0 Å². The average molecular weight is 449 g/mol. The monoisotopic (exact) mass is 449 g/mol. The summed E-state index contributed by atoms with van der Waals surface area (Å²) in [6, 6.07) is 11.5. The number of amides is 1. The lowest BCUT2D eigenvalue weighted by molar-refractivity contribution is -0.139. The van der Waals surface area contributed by atoms with Crippen molar-refractivity contribution in [2.75, 3.05) is 13.2 Å². The first kappa shape index (κ1) is 22.3. The molecule has 1 unspecified atom stereocenters. The molecular weight excluding hydrogens is 425 g/mol. The number of ketones is 1. The van der Waals surface area contributed by atoms with Crippen molar-refractivity contribution in [1.29, 1.82) is 0 Å². The molecule has 1 aliphatic heterocycles. The number of aliphatic hydroxyl groups excluding tert-OH is 1. The van der Waals surface area contributed by atoms with Gasteiger partial charge in [-0.15, -0.1) is 0 Å². The number of Topliss-reactive ketones (excluding diaryl/α,β-unsaturated/α-hetero) is 1. The molecule has 2 heterocycles. The fourth-order valence-corrected chi connectivity index (χ4v) is 3.98. The molecule has 4 rings (SSSR count). The molecule has 2 aromatic carbocycles. The molecule has 0 bridgehead atoms. The van der Waals surface area contributed by atoms with Crippen LogP contribution in [-0.4, -0.2) is 44.4 Å². The highest BCUT2D eigenvalue weighted by Gasteiger charge is 2.45. The molecule has 1 saturated heterocycles. The lowest BCUT2D eigenvalue weighted by Gasteiger charge is -2.25. The predicted octanol–water partition coefficient (Wildman–Crippen LogP) is 3.93. The van der Waals surface area contributed by atoms with Gasteiger partial charge in [-0.1, -0.05) is 12.1 Å². The van der Waals surface area contributed by atoms with Crippen molar-refractivity contribution < 1.29 is 23.8 Å². The van der Waals surface area contributed by atoms with Crippen molar-refractivity contribution in [3.05, 3.63) is 89.8 Å². The summed E-state index contributed by atoms with van der Waals surface area (Å²) < 4.78 is 20.8. The van der Waals surface area contributed by atoms with E-state index < -0.39 is 23.5 Å². The Morgan fingerprint density at radius 3 is 2.45 bits per heavy atom. The van der Waals surface area contributed by atoms with Gasteiger partial charge in [0.25, 0.3) is 11.7 Å². The SMILES string of the molecule is CCOc1ccc(C2/C(=C(/O)c3ccc(F)cc3)C(=O)C(=O)N2CCCn2ccnc2)cc1. The molecule has 1 fully saturated rings. The number of likely N-dealkylation sites (tertiary alicyclic amines) is 1. The van der Waals surface area contributed by atoms with Crippen LogP contribution in [0.2, 0.25) is 0 Å². The van der Waals surface area contributed by atoms with Crippen LogP contribution in [0.4, 0.5) is 4.39 Å². The molecule has 0 spiro atoms. The van der Waals surface area contributed by atoms with Crippen LogP contribution in [0.1, 0.15) is 30.5 Å². The largest absolute Gasteiger partial charge is 0.507 e. The van der Waals surface area contributed by atoms with Crippen LogP contribution in [0.25, 0.3) is 5.76 Å². The molecule has 1 aliphatic rings. The summed E-state index contributed by atoms with van der Waals surface area (Å²) in [5.74, 6) is -1.57. The standard InChI is InChI=1S/C25H24FN3O4/c1-2-33-20-10-6-17(7-11-20)22-21(23(30)18-4-8-19(26)9-5-18)24(31)25(32)29(22)14-3-13-28-15-12-27-16-28/h4-12,15-16,22,30H,2-3,13-14H2,1H3/b23-21-. The quantitative estimate of drug-likeness (QED) is 0.320. The molecular formula is C25H24FN3O4. The molecule has 33 heavy (non-hydrogen) atoms. The van der Waals surface area contributed by atoms with E-state index in [0.29, 0.717) is 37.4 Å². The summed E-state index contributed by atoms with van der Waals surface area (Å²) in [4.78, 5) is 31.5. The summed E-state index contributed by atoms with van der Waals surface area (Å²) in [7, 11) is 0. The number of imidazole rings is 1. The van der Waals surface area contributed by atoms with E-state index in [0.717, 1.165) is 0 Å². The van der Waals surface area contributed by atoms with Crippen LogP contribution < -0.4 is 4.74 Å². The number of carbonyl (C=O) groups excluding carboxylic acids is 2. The molecule has 170 valence electrons. The molecule has 1 amide bonds. The second-order valence-electron chi connectivity index (χ2n) is 7.66. The van der Waals surface area contributed by atoms with Gasteiger partial charge >= 0.3 is 0 Å². The summed E-state index contributed by atoms with van der Waals surface area (Å²) in [5, 5.41) is 11.0. The number of benzene rings is 2. The maximum Gasteiger partial charge on any atom is 0.295 e. The Hall–Kier alpha value is -3.94. The van der Waals surface area contributed by atoms with E-state index in [4.69, 9.17) is 4.74 Å². The summed E-state index contributed by atoms with van der Waals surface area (Å²) in [6.07, 6.45) is 5.78. The van der Waals surface area contributed by atoms with Gasteiger partial charge in [0, 0.05) is 31.0 Å². The number of aliphatic hydroxyl groups is 1. The van der Waals surface area contributed by atoms with Crippen molar-refractivity contribution in [2.24, 2.45) is 0 Å². The van der Waals surface area contributed by atoms with Gasteiger partial charge in [-0.25, -0.2) is 9.37 Å². The first-order valence-corrected chi connectivity index (χ1v) is 10.7. The van der Waals surface area contributed by atoms with E-state index in [1.807, 2.05) is 17.7 Å². The Bertz CT molecular complexity index is 1160. The molecule has 1 aromatic heterocycles. The van der Waals surface area contributed by atoms with Gasteiger partial charge in [0.15, 0.2) is 0 Å². The number of nitrogens with zero attached hydrogens (tertiary/aromatic N) is 3. The zero-order chi connectivity index (χ0) is 23.4. The normalized spacial score (nSPS) is 17.5. The van der Waals surface area contributed by atoms with E-state index in [9.17, 15) is 19.1 Å². The zero-order valence-electron chi connectivity index (χ0n) is 18.1. The van der Waals surface area contributed by atoms with Gasteiger partial charge in [0.05, 0.1) is 24.5 Å². The molecule has 0 saturated carbocycles. The topological polar surface area (TPSA) is 84.7 Å². The fraction of sp³-hybridized carbons (Fsp3) is 0.240. The van der Waals surface area contributed by atoms with E-state index in [-0.39, 0.29) is 16.9 Å². The van der Waals surface area contributed by atoms with E-state index >= 15 is 0 Å². The Kier molecular flexibility index (Phi) is 6.53. The molecule has 1 atom stereocenters. The molecule has 8 heteroatoms. The number of ether oxygens (including phenoxy) is 1. The Labute approximate surface area is 190 Å². The molecule has 3 aromatic rings. The highest BCUT2D eigenvalue weighted by atomic mass is 19.1. The van der Waals surface area contributed by atoms with Gasteiger partial charge < -0.3 is 19.3 Å². The van der Waals surface area contributed by atoms with Gasteiger partial charge in [-0.2, -0.15) is 0 Å². The van der Waals surface area contributed by atoms with Crippen LogP contribution >= 0.6 is 0 Å². The third-order valence-electron chi connectivity index (χ3n) is 5.54.